The van der Waals surface area contributed by atoms with Crippen molar-refractivity contribution in [2.24, 2.45) is 5.41 Å². The quantitative estimate of drug-likeness (QED) is 0.534. The molecule has 1 aromatic carbocycles. The maximum atomic E-state index is 11.7. The van der Waals surface area contributed by atoms with E-state index in [-0.39, 0.29) is 5.91 Å². The lowest BCUT2D eigenvalue weighted by Crippen LogP contribution is -2.37. The number of carboxylic acids is 1. The third kappa shape index (κ3) is 3.98. The lowest BCUT2D eigenvalue weighted by molar-refractivity contribution is -0.149. The zero-order valence-corrected chi connectivity index (χ0v) is 12.6. The van der Waals surface area contributed by atoms with Crippen LogP contribution in [-0.4, -0.2) is 37.2 Å². The normalized spacial score (nSPS) is 15.1. The number of nitrogens with one attached hydrogen (secondary N) is 1. The average Bonchev–Trinajstić information content (AvgIpc) is 3.33. The first kappa shape index (κ1) is 16.3. The van der Waals surface area contributed by atoms with E-state index < -0.39 is 11.4 Å². The topological polar surface area (TPSA) is 84.9 Å². The number of carbonyl (C=O) groups is 2. The van der Waals surface area contributed by atoms with Crippen molar-refractivity contribution >= 4 is 11.9 Å². The van der Waals surface area contributed by atoms with Crippen LogP contribution in [0.25, 0.3) is 0 Å². The average molecular weight is 307 g/mol. The van der Waals surface area contributed by atoms with Crippen molar-refractivity contribution < 1.29 is 24.2 Å². The van der Waals surface area contributed by atoms with E-state index in [0.29, 0.717) is 39.0 Å². The van der Waals surface area contributed by atoms with E-state index in [1.165, 1.54) is 0 Å². The van der Waals surface area contributed by atoms with Crippen LogP contribution < -0.4 is 10.1 Å². The summed E-state index contributed by atoms with van der Waals surface area (Å²) in [6, 6.07) is 7.62. The number of carbonyl (C=O) groups excluding carboxylic acids is 1. The molecule has 0 aliphatic heterocycles. The van der Waals surface area contributed by atoms with Gasteiger partial charge in [0.05, 0.1) is 13.7 Å². The molecule has 1 aliphatic rings. The Morgan fingerprint density at radius 1 is 1.27 bits per heavy atom. The molecule has 1 aliphatic carbocycles. The Morgan fingerprint density at radius 2 is 1.95 bits per heavy atom. The summed E-state index contributed by atoms with van der Waals surface area (Å²) in [5.74, 6) is -0.602. The lowest BCUT2D eigenvalue weighted by atomic mass is 10.1. The van der Waals surface area contributed by atoms with Crippen LogP contribution in [0.4, 0.5) is 0 Å². The van der Waals surface area contributed by atoms with Crippen molar-refractivity contribution in [2.75, 3.05) is 20.3 Å². The second-order valence-electron chi connectivity index (χ2n) is 5.40. The van der Waals surface area contributed by atoms with Gasteiger partial charge < -0.3 is 19.9 Å². The number of methoxy groups -OCH3 is 1. The van der Waals surface area contributed by atoms with Gasteiger partial charge in [-0.2, -0.15) is 0 Å². The molecule has 120 valence electrons. The number of hydrogen-bond acceptors (Lipinski definition) is 4. The summed E-state index contributed by atoms with van der Waals surface area (Å²) in [5.41, 5.74) is -0.114. The van der Waals surface area contributed by atoms with Gasteiger partial charge in [-0.15, -0.1) is 0 Å². The standard InChI is InChI=1S/C16H21NO5/c1-21-13-5-3-12(4-6-13)11-22-10-2-9-17-14(18)16(7-8-16)15(19)20/h3-6H,2,7-11H2,1H3,(H,17,18)(H,19,20). The molecular formula is C16H21NO5. The minimum atomic E-state index is -1.16. The highest BCUT2D eigenvalue weighted by molar-refractivity contribution is 6.04. The van der Waals surface area contributed by atoms with Crippen LogP contribution in [0.3, 0.4) is 0 Å². The number of carboxylic acid groups (broad SMARTS) is 1. The highest BCUT2D eigenvalue weighted by Crippen LogP contribution is 2.45. The maximum absolute atomic E-state index is 11.7. The van der Waals surface area contributed by atoms with Crippen molar-refractivity contribution in [3.05, 3.63) is 29.8 Å². The summed E-state index contributed by atoms with van der Waals surface area (Å²) >= 11 is 0. The summed E-state index contributed by atoms with van der Waals surface area (Å²) in [6.07, 6.45) is 1.52. The minimum absolute atomic E-state index is 0.379. The molecule has 0 bridgehead atoms. The fraction of sp³-hybridized carbons (Fsp3) is 0.500. The minimum Gasteiger partial charge on any atom is -0.497 e. The van der Waals surface area contributed by atoms with Gasteiger partial charge >= 0.3 is 5.97 Å². The van der Waals surface area contributed by atoms with Gasteiger partial charge in [0.1, 0.15) is 11.2 Å². The van der Waals surface area contributed by atoms with E-state index >= 15 is 0 Å². The summed E-state index contributed by atoms with van der Waals surface area (Å²) < 4.78 is 10.6. The van der Waals surface area contributed by atoms with Gasteiger partial charge in [-0.3, -0.25) is 9.59 Å². The van der Waals surface area contributed by atoms with E-state index in [2.05, 4.69) is 5.32 Å². The van der Waals surface area contributed by atoms with Crippen molar-refractivity contribution in [1.82, 2.24) is 5.32 Å². The predicted molar refractivity (Wildman–Crippen MR) is 79.6 cm³/mol. The molecule has 1 saturated carbocycles. The molecule has 6 heteroatoms. The van der Waals surface area contributed by atoms with Gasteiger partial charge in [0.25, 0.3) is 0 Å². The Bertz CT molecular complexity index is 522. The molecule has 1 fully saturated rings. The first-order valence-corrected chi connectivity index (χ1v) is 7.31. The zero-order valence-electron chi connectivity index (χ0n) is 12.6. The molecule has 0 unspecified atom stereocenters. The number of amides is 1. The molecule has 2 N–H and O–H groups in total. The van der Waals surface area contributed by atoms with Gasteiger partial charge in [-0.05, 0) is 37.0 Å². The molecule has 0 spiro atoms. The fourth-order valence-electron chi connectivity index (χ4n) is 2.12. The number of ether oxygens (including phenoxy) is 2. The summed E-state index contributed by atoms with van der Waals surface area (Å²) in [4.78, 5) is 22.7. The molecule has 6 nitrogen and oxygen atoms in total. The van der Waals surface area contributed by atoms with Crippen molar-refractivity contribution in [3.8, 4) is 5.75 Å². The van der Waals surface area contributed by atoms with Gasteiger partial charge in [0.15, 0.2) is 0 Å². The molecule has 0 atom stereocenters. The van der Waals surface area contributed by atoms with Crippen LogP contribution in [0.15, 0.2) is 24.3 Å². The largest absolute Gasteiger partial charge is 0.497 e. The second kappa shape index (κ2) is 7.26. The van der Waals surface area contributed by atoms with Crippen LogP contribution in [0, 0.1) is 5.41 Å². The molecule has 1 amide bonds. The van der Waals surface area contributed by atoms with Gasteiger partial charge in [-0.25, -0.2) is 0 Å². The van der Waals surface area contributed by atoms with Crippen LogP contribution in [0.5, 0.6) is 5.75 Å². The number of aliphatic carboxylic acids is 1. The first-order valence-electron chi connectivity index (χ1n) is 7.31. The predicted octanol–water partition coefficient (Wildman–Crippen LogP) is 1.58. The zero-order chi connectivity index (χ0) is 16.0. The summed E-state index contributed by atoms with van der Waals surface area (Å²) in [5, 5.41) is 11.6. The smallest absolute Gasteiger partial charge is 0.319 e. The third-order valence-electron chi connectivity index (χ3n) is 3.77. The van der Waals surface area contributed by atoms with Gasteiger partial charge in [0.2, 0.25) is 5.91 Å². The first-order chi connectivity index (χ1) is 10.6. The molecular weight excluding hydrogens is 286 g/mol. The highest BCUT2D eigenvalue weighted by atomic mass is 16.5. The van der Waals surface area contributed by atoms with Crippen molar-refractivity contribution in [2.45, 2.75) is 25.9 Å². The Labute approximate surface area is 129 Å². The van der Waals surface area contributed by atoms with E-state index in [4.69, 9.17) is 14.6 Å². The van der Waals surface area contributed by atoms with Crippen molar-refractivity contribution in [3.63, 3.8) is 0 Å². The fourth-order valence-corrected chi connectivity index (χ4v) is 2.12. The van der Waals surface area contributed by atoms with E-state index in [9.17, 15) is 9.59 Å². The lowest BCUT2D eigenvalue weighted by Gasteiger charge is -2.10. The molecule has 2 rings (SSSR count). The summed E-state index contributed by atoms with van der Waals surface area (Å²) in [6.45, 7) is 1.43. The highest BCUT2D eigenvalue weighted by Gasteiger charge is 2.56. The maximum Gasteiger partial charge on any atom is 0.319 e. The Kier molecular flexibility index (Phi) is 5.38. The van der Waals surface area contributed by atoms with Crippen LogP contribution in [0.1, 0.15) is 24.8 Å². The van der Waals surface area contributed by atoms with Crippen LogP contribution in [0.2, 0.25) is 0 Å². The third-order valence-corrected chi connectivity index (χ3v) is 3.77. The molecule has 0 radical (unpaired) electrons. The monoisotopic (exact) mass is 307 g/mol. The molecule has 0 heterocycles. The molecule has 1 aromatic rings. The number of hydrogen-bond donors (Lipinski definition) is 2. The number of benzene rings is 1. The number of rotatable bonds is 9. The van der Waals surface area contributed by atoms with Crippen molar-refractivity contribution in [1.29, 1.82) is 0 Å². The second-order valence-corrected chi connectivity index (χ2v) is 5.40. The van der Waals surface area contributed by atoms with Gasteiger partial charge in [0, 0.05) is 13.2 Å². The van der Waals surface area contributed by atoms with Gasteiger partial charge in [-0.1, -0.05) is 12.1 Å². The summed E-state index contributed by atoms with van der Waals surface area (Å²) in [7, 11) is 1.62. The Hall–Kier alpha value is -2.08. The van der Waals surface area contributed by atoms with Crippen LogP contribution >= 0.6 is 0 Å². The Balaban J connectivity index is 1.58. The molecule has 22 heavy (non-hydrogen) atoms. The molecule has 0 aromatic heterocycles. The van der Waals surface area contributed by atoms with E-state index in [1.54, 1.807) is 7.11 Å². The van der Waals surface area contributed by atoms with E-state index in [0.717, 1.165) is 11.3 Å². The SMILES string of the molecule is COc1ccc(COCCCNC(=O)C2(C(=O)O)CC2)cc1. The Morgan fingerprint density at radius 3 is 2.50 bits per heavy atom. The van der Waals surface area contributed by atoms with Crippen LogP contribution in [-0.2, 0) is 20.9 Å². The molecule has 0 saturated heterocycles. The van der Waals surface area contributed by atoms with E-state index in [1.807, 2.05) is 24.3 Å².